The minimum Gasteiger partial charge on any atom is -0.497 e. The summed E-state index contributed by atoms with van der Waals surface area (Å²) in [4.78, 5) is 2.44. The van der Waals surface area contributed by atoms with Gasteiger partial charge in [0.05, 0.1) is 7.11 Å². The molecule has 3 nitrogen and oxygen atoms in total. The van der Waals surface area contributed by atoms with Crippen LogP contribution in [0.15, 0.2) is 42.5 Å². The fourth-order valence-electron chi connectivity index (χ4n) is 2.12. The van der Waals surface area contributed by atoms with Crippen molar-refractivity contribution < 1.29 is 4.74 Å². The van der Waals surface area contributed by atoms with Crippen LogP contribution in [-0.4, -0.2) is 19.1 Å². The monoisotopic (exact) mass is 320 g/mol. The molecule has 2 aromatic carbocycles. The Morgan fingerprint density at radius 2 is 1.90 bits per heavy atom. The van der Waals surface area contributed by atoms with Crippen LogP contribution in [0.3, 0.4) is 0 Å². The van der Waals surface area contributed by atoms with E-state index in [2.05, 4.69) is 4.90 Å². The molecule has 110 valence electrons. The molecule has 0 saturated carbocycles. The van der Waals surface area contributed by atoms with Crippen LogP contribution in [0.5, 0.6) is 5.75 Å². The van der Waals surface area contributed by atoms with E-state index in [4.69, 9.17) is 34.3 Å². The van der Waals surface area contributed by atoms with Gasteiger partial charge in [0.1, 0.15) is 10.7 Å². The number of methoxy groups -OCH3 is 1. The number of halogens is 1. The van der Waals surface area contributed by atoms with E-state index in [9.17, 15) is 0 Å². The number of anilines is 1. The van der Waals surface area contributed by atoms with Crippen LogP contribution in [0, 0.1) is 0 Å². The number of ether oxygens (including phenoxy) is 1. The first-order valence-electron chi connectivity index (χ1n) is 6.44. The van der Waals surface area contributed by atoms with Gasteiger partial charge in [-0.05, 0) is 35.9 Å². The molecule has 0 aliphatic heterocycles. The summed E-state index contributed by atoms with van der Waals surface area (Å²) < 4.78 is 5.16. The fraction of sp³-hybridized carbons (Fsp3) is 0.188. The molecule has 0 unspecified atom stereocenters. The Labute approximate surface area is 135 Å². The zero-order chi connectivity index (χ0) is 15.4. The highest BCUT2D eigenvalue weighted by Crippen LogP contribution is 2.25. The predicted molar refractivity (Wildman–Crippen MR) is 92.4 cm³/mol. The number of benzene rings is 2. The summed E-state index contributed by atoms with van der Waals surface area (Å²) >= 11 is 11.2. The van der Waals surface area contributed by atoms with Gasteiger partial charge < -0.3 is 15.4 Å². The van der Waals surface area contributed by atoms with Crippen LogP contribution in [0.2, 0.25) is 5.02 Å². The van der Waals surface area contributed by atoms with Gasteiger partial charge in [-0.2, -0.15) is 0 Å². The lowest BCUT2D eigenvalue weighted by atomic mass is 10.1. The number of hydrogen-bond acceptors (Lipinski definition) is 3. The minimum atomic E-state index is 0.364. The van der Waals surface area contributed by atoms with Gasteiger partial charge in [-0.25, -0.2) is 0 Å². The average Bonchev–Trinajstić information content (AvgIpc) is 2.47. The molecule has 2 rings (SSSR count). The van der Waals surface area contributed by atoms with E-state index in [1.807, 2.05) is 43.4 Å². The van der Waals surface area contributed by atoms with Crippen LogP contribution >= 0.6 is 23.8 Å². The molecule has 0 amide bonds. The van der Waals surface area contributed by atoms with Gasteiger partial charge >= 0.3 is 0 Å². The maximum absolute atomic E-state index is 6.08. The van der Waals surface area contributed by atoms with E-state index < -0.39 is 0 Å². The topological polar surface area (TPSA) is 38.5 Å². The van der Waals surface area contributed by atoms with Gasteiger partial charge in [-0.15, -0.1) is 0 Å². The van der Waals surface area contributed by atoms with E-state index in [-0.39, 0.29) is 0 Å². The Balaban J connectivity index is 2.24. The molecule has 0 fully saturated rings. The zero-order valence-electron chi connectivity index (χ0n) is 12.0. The summed E-state index contributed by atoms with van der Waals surface area (Å²) in [6.45, 7) is 0.722. The third kappa shape index (κ3) is 3.86. The first-order valence-corrected chi connectivity index (χ1v) is 7.23. The molecule has 21 heavy (non-hydrogen) atoms. The summed E-state index contributed by atoms with van der Waals surface area (Å²) in [6.07, 6.45) is 0. The van der Waals surface area contributed by atoms with Gasteiger partial charge in [0, 0.05) is 29.9 Å². The Morgan fingerprint density at radius 3 is 2.48 bits per heavy atom. The Morgan fingerprint density at radius 1 is 1.24 bits per heavy atom. The first-order chi connectivity index (χ1) is 10.0. The van der Waals surface area contributed by atoms with Gasteiger partial charge in [0.15, 0.2) is 0 Å². The highest BCUT2D eigenvalue weighted by Gasteiger charge is 2.11. The van der Waals surface area contributed by atoms with Crippen LogP contribution < -0.4 is 15.4 Å². The summed E-state index contributed by atoms with van der Waals surface area (Å²) in [7, 11) is 3.64. The first kappa shape index (κ1) is 15.6. The Bertz CT molecular complexity index is 643. The third-order valence-corrected chi connectivity index (χ3v) is 3.67. The van der Waals surface area contributed by atoms with Gasteiger partial charge in [-0.3, -0.25) is 0 Å². The molecule has 0 radical (unpaired) electrons. The fourth-order valence-corrected chi connectivity index (χ4v) is 2.46. The van der Waals surface area contributed by atoms with Crippen molar-refractivity contribution in [3.8, 4) is 5.75 Å². The molecule has 2 aromatic rings. The van der Waals surface area contributed by atoms with Crippen molar-refractivity contribution in [2.24, 2.45) is 5.73 Å². The maximum atomic E-state index is 6.08. The van der Waals surface area contributed by atoms with Gasteiger partial charge in [0.2, 0.25) is 0 Å². The lowest BCUT2D eigenvalue weighted by Gasteiger charge is -2.22. The summed E-state index contributed by atoms with van der Waals surface area (Å²) in [6, 6.07) is 13.5. The van der Waals surface area contributed by atoms with Gasteiger partial charge in [-0.1, -0.05) is 36.0 Å². The highest BCUT2D eigenvalue weighted by atomic mass is 35.5. The number of nitrogens with two attached hydrogens (primary N) is 1. The van der Waals surface area contributed by atoms with Crippen LogP contribution in [0.1, 0.15) is 11.1 Å². The Kier molecular flexibility index (Phi) is 5.04. The van der Waals surface area contributed by atoms with E-state index in [0.717, 1.165) is 29.1 Å². The number of nitrogens with zero attached hydrogens (tertiary/aromatic N) is 1. The molecule has 5 heteroatoms. The standard InChI is InChI=1S/C16H17ClN2OS/c1-19(10-11-3-6-13(20-2)7-4-11)15-9-12(17)5-8-14(15)16(18)21/h3-9H,10H2,1-2H3,(H2,18,21). The van der Waals surface area contributed by atoms with Crippen LogP contribution in [-0.2, 0) is 6.54 Å². The van der Waals surface area contributed by atoms with Crippen molar-refractivity contribution in [3.63, 3.8) is 0 Å². The molecule has 0 atom stereocenters. The van der Waals surface area contributed by atoms with Gasteiger partial charge in [0.25, 0.3) is 0 Å². The number of rotatable bonds is 5. The highest BCUT2D eigenvalue weighted by molar-refractivity contribution is 7.80. The summed E-state index contributed by atoms with van der Waals surface area (Å²) in [5.74, 6) is 0.841. The molecule has 0 saturated heterocycles. The summed E-state index contributed by atoms with van der Waals surface area (Å²) in [5.41, 5.74) is 8.68. The molecule has 2 N–H and O–H groups in total. The molecule has 0 aromatic heterocycles. The van der Waals surface area contributed by atoms with E-state index in [0.29, 0.717) is 10.0 Å². The quantitative estimate of drug-likeness (QED) is 0.854. The number of hydrogen-bond donors (Lipinski definition) is 1. The molecule has 0 aliphatic carbocycles. The number of thiocarbonyl (C=S) groups is 1. The predicted octanol–water partition coefficient (Wildman–Crippen LogP) is 3.62. The third-order valence-electron chi connectivity index (χ3n) is 3.22. The zero-order valence-corrected chi connectivity index (χ0v) is 13.5. The van der Waals surface area contributed by atoms with Crippen molar-refractivity contribution in [1.29, 1.82) is 0 Å². The molecule has 0 bridgehead atoms. The van der Waals surface area contributed by atoms with Crippen LogP contribution in [0.4, 0.5) is 5.69 Å². The normalized spacial score (nSPS) is 10.2. The van der Waals surface area contributed by atoms with Crippen molar-refractivity contribution >= 4 is 34.5 Å². The second-order valence-electron chi connectivity index (χ2n) is 4.73. The van der Waals surface area contributed by atoms with E-state index in [1.165, 1.54) is 0 Å². The van der Waals surface area contributed by atoms with Crippen molar-refractivity contribution in [2.75, 3.05) is 19.1 Å². The smallest absolute Gasteiger partial charge is 0.118 e. The second-order valence-corrected chi connectivity index (χ2v) is 5.61. The lowest BCUT2D eigenvalue weighted by molar-refractivity contribution is 0.414. The molecular formula is C16H17ClN2OS. The second kappa shape index (κ2) is 6.78. The SMILES string of the molecule is COc1ccc(CN(C)c2cc(Cl)ccc2C(N)=S)cc1. The minimum absolute atomic E-state index is 0.364. The van der Waals surface area contributed by atoms with Crippen LogP contribution in [0.25, 0.3) is 0 Å². The molecule has 0 spiro atoms. The van der Waals surface area contributed by atoms with E-state index >= 15 is 0 Å². The molecule has 0 heterocycles. The molecular weight excluding hydrogens is 304 g/mol. The van der Waals surface area contributed by atoms with Crippen molar-refractivity contribution in [3.05, 3.63) is 58.6 Å². The van der Waals surface area contributed by atoms with E-state index in [1.54, 1.807) is 13.2 Å². The lowest BCUT2D eigenvalue weighted by Crippen LogP contribution is -2.21. The van der Waals surface area contributed by atoms with Crippen molar-refractivity contribution in [2.45, 2.75) is 6.54 Å². The summed E-state index contributed by atoms with van der Waals surface area (Å²) in [5, 5.41) is 0.659. The van der Waals surface area contributed by atoms with Crippen molar-refractivity contribution in [1.82, 2.24) is 0 Å². The average molecular weight is 321 g/mol. The maximum Gasteiger partial charge on any atom is 0.118 e. The largest absolute Gasteiger partial charge is 0.497 e. The molecule has 0 aliphatic rings. The Hall–Kier alpha value is -1.78.